The molecule has 0 aromatic rings. The molecule has 0 aliphatic rings. The summed E-state index contributed by atoms with van der Waals surface area (Å²) < 4.78 is 16.7. The third-order valence-electron chi connectivity index (χ3n) is 10.7. The third kappa shape index (κ3) is 55.6. The minimum Gasteiger partial charge on any atom is -0.462 e. The summed E-state index contributed by atoms with van der Waals surface area (Å²) in [4.78, 5) is 38.1. The summed E-state index contributed by atoms with van der Waals surface area (Å²) in [5.41, 5.74) is 0. The number of carbonyl (C=O) groups is 3. The molecule has 0 heterocycles. The minimum atomic E-state index is -0.840. The molecule has 1 atom stereocenters. The van der Waals surface area contributed by atoms with Gasteiger partial charge in [0.15, 0.2) is 6.10 Å². The Balaban J connectivity index is 4.59. The van der Waals surface area contributed by atoms with Crippen molar-refractivity contribution in [1.29, 1.82) is 0 Å². The van der Waals surface area contributed by atoms with Crippen molar-refractivity contribution in [1.82, 2.24) is 0 Å². The van der Waals surface area contributed by atoms with Gasteiger partial charge in [-0.15, -0.1) is 0 Å². The molecular weight excluding hydrogens is 877 g/mol. The summed E-state index contributed by atoms with van der Waals surface area (Å²) in [6.45, 7) is 6.17. The first-order valence-electron chi connectivity index (χ1n) is 27.6. The van der Waals surface area contributed by atoms with Crippen LogP contribution in [0.2, 0.25) is 0 Å². The molecule has 0 radical (unpaired) electrons. The number of allylic oxidation sites excluding steroid dienone is 28. The largest absolute Gasteiger partial charge is 0.462 e. The van der Waals surface area contributed by atoms with Crippen LogP contribution in [0.15, 0.2) is 170 Å². The van der Waals surface area contributed by atoms with E-state index in [0.29, 0.717) is 19.3 Å². The van der Waals surface area contributed by atoms with Gasteiger partial charge >= 0.3 is 17.9 Å². The lowest BCUT2D eigenvalue weighted by Crippen LogP contribution is -2.30. The Bertz CT molecular complexity index is 1690. The summed E-state index contributed by atoms with van der Waals surface area (Å²) >= 11 is 0. The predicted molar refractivity (Wildman–Crippen MR) is 306 cm³/mol. The summed E-state index contributed by atoms with van der Waals surface area (Å²) in [6.07, 6.45) is 84.9. The number of unbranched alkanes of at least 4 members (excludes halogenated alkanes) is 8. The number of carbonyl (C=O) groups excluding carboxylic acids is 3. The lowest BCUT2D eigenvalue weighted by Gasteiger charge is -2.18. The van der Waals surface area contributed by atoms with E-state index in [2.05, 4.69) is 191 Å². The van der Waals surface area contributed by atoms with E-state index in [1.165, 1.54) is 0 Å². The summed E-state index contributed by atoms with van der Waals surface area (Å²) in [5, 5.41) is 0. The first kappa shape index (κ1) is 65.8. The Morgan fingerprint density at radius 3 is 0.873 bits per heavy atom. The standard InChI is InChI=1S/C65H98O6/c1-4-7-10-13-16-19-22-25-28-29-30-31-32-33-34-35-38-40-43-46-49-52-55-58-64(67)70-61-62(71-65(68)59-56-53-50-47-44-41-37-27-24-21-18-15-12-9-6-3)60-69-63(66)57-54-51-48-45-42-39-36-26-23-20-17-14-11-8-5-2/h7-12,16-21,25-28,30-31,33-34,36-38,40,44,46-47,49,62H,4-6,13-15,22-24,29,32,35,39,41-43,45,48,50-61H2,1-3H3/b10-7-,11-8-,12-9-,19-16-,20-17-,21-18-,28-25-,31-30-,34-33-,36-26-,37-27-,40-38-,47-44-,49-46-. The van der Waals surface area contributed by atoms with Gasteiger partial charge in [0.25, 0.3) is 0 Å². The van der Waals surface area contributed by atoms with Gasteiger partial charge < -0.3 is 14.2 Å². The fourth-order valence-corrected chi connectivity index (χ4v) is 6.67. The zero-order valence-electron chi connectivity index (χ0n) is 44.9. The molecule has 71 heavy (non-hydrogen) atoms. The van der Waals surface area contributed by atoms with Gasteiger partial charge in [-0.2, -0.15) is 0 Å². The van der Waals surface area contributed by atoms with Crippen molar-refractivity contribution in [3.63, 3.8) is 0 Å². The molecule has 0 saturated carbocycles. The Morgan fingerprint density at radius 1 is 0.282 bits per heavy atom. The normalized spacial score (nSPS) is 13.5. The van der Waals surface area contributed by atoms with Crippen molar-refractivity contribution in [2.24, 2.45) is 0 Å². The van der Waals surface area contributed by atoms with Gasteiger partial charge in [-0.1, -0.05) is 210 Å². The number of hydrogen-bond donors (Lipinski definition) is 0. The van der Waals surface area contributed by atoms with Gasteiger partial charge in [0, 0.05) is 19.3 Å². The first-order chi connectivity index (χ1) is 35.0. The quantitative estimate of drug-likeness (QED) is 0.0262. The maximum Gasteiger partial charge on any atom is 0.306 e. The van der Waals surface area contributed by atoms with Crippen molar-refractivity contribution in [2.75, 3.05) is 13.2 Å². The molecule has 6 heteroatoms. The van der Waals surface area contributed by atoms with Crippen molar-refractivity contribution < 1.29 is 28.6 Å². The van der Waals surface area contributed by atoms with Crippen molar-refractivity contribution in [2.45, 2.75) is 207 Å². The number of rotatable bonds is 47. The second-order valence-electron chi connectivity index (χ2n) is 17.3. The van der Waals surface area contributed by atoms with Crippen LogP contribution in [-0.4, -0.2) is 37.2 Å². The van der Waals surface area contributed by atoms with Gasteiger partial charge in [-0.3, -0.25) is 14.4 Å². The number of hydrogen-bond acceptors (Lipinski definition) is 6. The van der Waals surface area contributed by atoms with Gasteiger partial charge in [0.05, 0.1) is 0 Å². The molecule has 394 valence electrons. The van der Waals surface area contributed by atoms with Gasteiger partial charge in [-0.05, 0) is 141 Å². The van der Waals surface area contributed by atoms with Crippen molar-refractivity contribution >= 4 is 17.9 Å². The zero-order valence-corrected chi connectivity index (χ0v) is 44.9. The maximum absolute atomic E-state index is 12.8. The van der Waals surface area contributed by atoms with E-state index in [1.807, 2.05) is 0 Å². The monoisotopic (exact) mass is 975 g/mol. The Hall–Kier alpha value is -5.23. The van der Waals surface area contributed by atoms with Crippen molar-refractivity contribution in [3.8, 4) is 0 Å². The van der Waals surface area contributed by atoms with Crippen LogP contribution in [-0.2, 0) is 28.6 Å². The second-order valence-corrected chi connectivity index (χ2v) is 17.3. The van der Waals surface area contributed by atoms with Gasteiger partial charge in [-0.25, -0.2) is 0 Å². The van der Waals surface area contributed by atoms with Crippen LogP contribution in [0.5, 0.6) is 0 Å². The van der Waals surface area contributed by atoms with Crippen LogP contribution >= 0.6 is 0 Å². The average Bonchev–Trinajstić information content (AvgIpc) is 3.37. The predicted octanol–water partition coefficient (Wildman–Crippen LogP) is 18.8. The van der Waals surface area contributed by atoms with Gasteiger partial charge in [0.2, 0.25) is 0 Å². The number of esters is 3. The Labute approximate surface area is 434 Å². The molecule has 0 aliphatic heterocycles. The minimum absolute atomic E-state index is 0.131. The Kier molecular flexibility index (Phi) is 53.1. The lowest BCUT2D eigenvalue weighted by molar-refractivity contribution is -0.167. The molecule has 1 unspecified atom stereocenters. The molecule has 0 N–H and O–H groups in total. The highest BCUT2D eigenvalue weighted by Crippen LogP contribution is 2.11. The highest BCUT2D eigenvalue weighted by Gasteiger charge is 2.19. The summed E-state index contributed by atoms with van der Waals surface area (Å²) in [7, 11) is 0. The average molecular weight is 975 g/mol. The summed E-state index contributed by atoms with van der Waals surface area (Å²) in [6, 6.07) is 0. The molecule has 0 aromatic carbocycles. The summed E-state index contributed by atoms with van der Waals surface area (Å²) in [5.74, 6) is -1.06. The highest BCUT2D eigenvalue weighted by atomic mass is 16.6. The molecule has 0 spiro atoms. The van der Waals surface area contributed by atoms with E-state index in [-0.39, 0.29) is 44.0 Å². The van der Waals surface area contributed by atoms with Crippen LogP contribution in [0.4, 0.5) is 0 Å². The fourth-order valence-electron chi connectivity index (χ4n) is 6.67. The van der Waals surface area contributed by atoms with Crippen molar-refractivity contribution in [3.05, 3.63) is 170 Å². The van der Waals surface area contributed by atoms with E-state index < -0.39 is 6.10 Å². The molecule has 6 nitrogen and oxygen atoms in total. The van der Waals surface area contributed by atoms with E-state index in [9.17, 15) is 14.4 Å². The zero-order chi connectivity index (χ0) is 51.4. The van der Waals surface area contributed by atoms with E-state index >= 15 is 0 Å². The Morgan fingerprint density at radius 2 is 0.521 bits per heavy atom. The first-order valence-corrected chi connectivity index (χ1v) is 27.6. The number of ether oxygens (including phenoxy) is 3. The lowest BCUT2D eigenvalue weighted by atomic mass is 10.1. The molecular formula is C65H98O6. The van der Waals surface area contributed by atoms with E-state index in [4.69, 9.17) is 14.2 Å². The smallest absolute Gasteiger partial charge is 0.306 e. The topological polar surface area (TPSA) is 78.9 Å². The molecule has 0 fully saturated rings. The van der Waals surface area contributed by atoms with Crippen LogP contribution in [0.1, 0.15) is 201 Å². The second kappa shape index (κ2) is 57.3. The van der Waals surface area contributed by atoms with Crippen LogP contribution in [0.25, 0.3) is 0 Å². The molecule has 0 aromatic heterocycles. The van der Waals surface area contributed by atoms with Crippen LogP contribution in [0, 0.1) is 0 Å². The molecule has 0 saturated heterocycles. The van der Waals surface area contributed by atoms with Crippen LogP contribution in [0.3, 0.4) is 0 Å². The highest BCUT2D eigenvalue weighted by molar-refractivity contribution is 5.71. The van der Waals surface area contributed by atoms with Gasteiger partial charge in [0.1, 0.15) is 13.2 Å². The molecule has 0 rings (SSSR count). The van der Waals surface area contributed by atoms with E-state index in [1.54, 1.807) is 0 Å². The van der Waals surface area contributed by atoms with Crippen LogP contribution < -0.4 is 0 Å². The third-order valence-corrected chi connectivity index (χ3v) is 10.7. The van der Waals surface area contributed by atoms with E-state index in [0.717, 1.165) is 148 Å². The SMILES string of the molecule is CC/C=C\C/C=C\C/C=C\C/C=C\C/C=C\C/C=C\C/C=C\CCCC(=O)OCC(COC(=O)CCCCCCC/C=C\C/C=C\C/C=C\CC)OC(=O)CCCC/C=C\C/C=C\C/C=C\C/C=C\CC. The molecule has 0 bridgehead atoms. The molecule has 0 amide bonds. The maximum atomic E-state index is 12.8. The fraction of sp³-hybridized carbons (Fsp3) is 0.523. The molecule has 0 aliphatic carbocycles.